The number of carbonyl (C=O) groups is 1. The zero-order chi connectivity index (χ0) is 6.69. The van der Waals surface area contributed by atoms with Crippen molar-refractivity contribution in [2.24, 2.45) is 0 Å². The van der Waals surface area contributed by atoms with Gasteiger partial charge in [-0.25, -0.2) is 9.78 Å². The minimum atomic E-state index is -1.37. The molecule has 5 nitrogen and oxygen atoms in total. The average molecular weight is 128 g/mol. The molecular formula is C4H4N2O3. The molecule has 0 radical (unpaired) electrons. The maximum atomic E-state index is 9.78. The fourth-order valence-corrected chi connectivity index (χ4v) is 0.389. The van der Waals surface area contributed by atoms with E-state index in [-0.39, 0.29) is 6.01 Å². The van der Waals surface area contributed by atoms with Gasteiger partial charge in [0.1, 0.15) is 0 Å². The van der Waals surface area contributed by atoms with E-state index in [2.05, 4.69) is 14.7 Å². The molecule has 0 saturated heterocycles. The third-order valence-corrected chi connectivity index (χ3v) is 0.657. The second kappa shape index (κ2) is 2.17. The average Bonchev–Trinajstić information content (AvgIpc) is 2.15. The van der Waals surface area contributed by atoms with E-state index in [0.717, 1.165) is 0 Å². The highest BCUT2D eigenvalue weighted by atomic mass is 16.7. The molecule has 0 amide bonds. The van der Waals surface area contributed by atoms with E-state index in [0.29, 0.717) is 0 Å². The first-order valence-electron chi connectivity index (χ1n) is 2.19. The number of nitrogens with one attached hydrogen (secondary N) is 1. The van der Waals surface area contributed by atoms with Gasteiger partial charge in [-0.1, -0.05) is 0 Å². The summed E-state index contributed by atoms with van der Waals surface area (Å²) in [5.74, 6) is 0. The molecule has 0 aliphatic heterocycles. The van der Waals surface area contributed by atoms with Crippen LogP contribution >= 0.6 is 0 Å². The number of rotatable bonds is 1. The van der Waals surface area contributed by atoms with Crippen LogP contribution in [-0.4, -0.2) is 21.2 Å². The molecule has 0 fully saturated rings. The van der Waals surface area contributed by atoms with Crippen LogP contribution in [0, 0.1) is 0 Å². The highest BCUT2D eigenvalue weighted by Gasteiger charge is 1.99. The monoisotopic (exact) mass is 128 g/mol. The normalized spacial score (nSPS) is 8.89. The number of ether oxygens (including phenoxy) is 1. The van der Waals surface area contributed by atoms with Crippen molar-refractivity contribution < 1.29 is 14.6 Å². The Hall–Kier alpha value is -1.52. The van der Waals surface area contributed by atoms with Crippen LogP contribution in [-0.2, 0) is 0 Å². The second-order valence-corrected chi connectivity index (χ2v) is 1.26. The Morgan fingerprint density at radius 3 is 3.11 bits per heavy atom. The summed E-state index contributed by atoms with van der Waals surface area (Å²) < 4.78 is 4.10. The number of hydrogen-bond donors (Lipinski definition) is 2. The number of aromatic nitrogens is 2. The maximum absolute atomic E-state index is 9.78. The molecule has 0 unspecified atom stereocenters. The van der Waals surface area contributed by atoms with Crippen LogP contribution in [0.3, 0.4) is 0 Å². The summed E-state index contributed by atoms with van der Waals surface area (Å²) >= 11 is 0. The van der Waals surface area contributed by atoms with Crippen molar-refractivity contribution in [1.82, 2.24) is 9.97 Å². The summed E-state index contributed by atoms with van der Waals surface area (Å²) in [4.78, 5) is 15.7. The summed E-state index contributed by atoms with van der Waals surface area (Å²) in [6.07, 6.45) is 1.50. The minimum Gasteiger partial charge on any atom is -0.449 e. The predicted molar refractivity (Wildman–Crippen MR) is 27.2 cm³/mol. The first kappa shape index (κ1) is 5.61. The number of H-pyrrole nitrogens is 1. The zero-order valence-electron chi connectivity index (χ0n) is 4.37. The molecule has 0 aromatic carbocycles. The lowest BCUT2D eigenvalue weighted by atomic mass is 11.0. The first-order valence-corrected chi connectivity index (χ1v) is 2.19. The molecule has 0 saturated carbocycles. The smallest absolute Gasteiger partial charge is 0.449 e. The Balaban J connectivity index is 2.58. The van der Waals surface area contributed by atoms with Gasteiger partial charge in [-0.3, -0.25) is 0 Å². The molecule has 0 spiro atoms. The SMILES string of the molecule is O=C(O)Oc1ncc[nH]1. The Morgan fingerprint density at radius 1 is 1.89 bits per heavy atom. The van der Waals surface area contributed by atoms with Crippen molar-refractivity contribution >= 4 is 6.16 Å². The highest BCUT2D eigenvalue weighted by molar-refractivity contribution is 5.59. The molecule has 48 valence electrons. The van der Waals surface area contributed by atoms with Gasteiger partial charge in [-0.05, 0) is 0 Å². The van der Waals surface area contributed by atoms with E-state index in [9.17, 15) is 4.79 Å². The van der Waals surface area contributed by atoms with Gasteiger partial charge in [0.15, 0.2) is 0 Å². The Kier molecular flexibility index (Phi) is 1.35. The highest BCUT2D eigenvalue weighted by Crippen LogP contribution is 1.97. The van der Waals surface area contributed by atoms with Gasteiger partial charge >= 0.3 is 12.2 Å². The van der Waals surface area contributed by atoms with Crippen molar-refractivity contribution in [1.29, 1.82) is 0 Å². The van der Waals surface area contributed by atoms with Crippen LogP contribution in [0.5, 0.6) is 6.01 Å². The molecule has 1 aromatic heterocycles. The molecule has 0 aliphatic rings. The van der Waals surface area contributed by atoms with Crippen LogP contribution in [0.25, 0.3) is 0 Å². The topological polar surface area (TPSA) is 75.2 Å². The van der Waals surface area contributed by atoms with Gasteiger partial charge in [0.05, 0.1) is 0 Å². The van der Waals surface area contributed by atoms with Crippen molar-refractivity contribution in [2.45, 2.75) is 0 Å². The van der Waals surface area contributed by atoms with Crippen molar-refractivity contribution in [2.75, 3.05) is 0 Å². The van der Waals surface area contributed by atoms with Gasteiger partial charge < -0.3 is 14.8 Å². The van der Waals surface area contributed by atoms with Crippen LogP contribution in [0.15, 0.2) is 12.4 Å². The zero-order valence-corrected chi connectivity index (χ0v) is 4.37. The lowest BCUT2D eigenvalue weighted by Gasteiger charge is -1.89. The lowest BCUT2D eigenvalue weighted by Crippen LogP contribution is -2.03. The number of imidazole rings is 1. The van der Waals surface area contributed by atoms with E-state index in [1.54, 1.807) is 0 Å². The van der Waals surface area contributed by atoms with Crippen molar-refractivity contribution in [3.8, 4) is 6.01 Å². The van der Waals surface area contributed by atoms with Crippen molar-refractivity contribution in [3.63, 3.8) is 0 Å². The van der Waals surface area contributed by atoms with E-state index in [1.807, 2.05) is 0 Å². The lowest BCUT2D eigenvalue weighted by molar-refractivity contribution is 0.141. The van der Waals surface area contributed by atoms with Gasteiger partial charge in [0, 0.05) is 12.4 Å². The summed E-state index contributed by atoms with van der Waals surface area (Å²) in [5, 5.41) is 8.00. The molecule has 5 heteroatoms. The van der Waals surface area contributed by atoms with Crippen molar-refractivity contribution in [3.05, 3.63) is 12.4 Å². The van der Waals surface area contributed by atoms with E-state index < -0.39 is 6.16 Å². The van der Waals surface area contributed by atoms with Crippen LogP contribution in [0.2, 0.25) is 0 Å². The largest absolute Gasteiger partial charge is 0.513 e. The quantitative estimate of drug-likeness (QED) is 0.539. The van der Waals surface area contributed by atoms with Crippen LogP contribution in [0.4, 0.5) is 4.79 Å². The number of aromatic amines is 1. The fraction of sp³-hybridized carbons (Fsp3) is 0. The first-order chi connectivity index (χ1) is 4.29. The van der Waals surface area contributed by atoms with Crippen LogP contribution in [0.1, 0.15) is 0 Å². The Labute approximate surface area is 50.3 Å². The summed E-state index contributed by atoms with van der Waals surface area (Å²) in [7, 11) is 0. The molecule has 0 bridgehead atoms. The molecular weight excluding hydrogens is 124 g/mol. The molecule has 1 heterocycles. The van der Waals surface area contributed by atoms with E-state index >= 15 is 0 Å². The van der Waals surface area contributed by atoms with Gasteiger partial charge in [-0.2, -0.15) is 0 Å². The molecule has 2 N–H and O–H groups in total. The number of carboxylic acid groups (broad SMARTS) is 1. The Morgan fingerprint density at radius 2 is 2.67 bits per heavy atom. The third-order valence-electron chi connectivity index (χ3n) is 0.657. The molecule has 9 heavy (non-hydrogen) atoms. The summed E-state index contributed by atoms with van der Waals surface area (Å²) in [5.41, 5.74) is 0. The van der Waals surface area contributed by atoms with E-state index in [1.165, 1.54) is 12.4 Å². The van der Waals surface area contributed by atoms with Gasteiger partial charge in [-0.15, -0.1) is 0 Å². The molecule has 1 rings (SSSR count). The Bertz CT molecular complexity index is 194. The maximum Gasteiger partial charge on any atom is 0.513 e. The molecule has 0 atom stereocenters. The predicted octanol–water partition coefficient (Wildman–Crippen LogP) is 0.466. The minimum absolute atomic E-state index is 0.0116. The second-order valence-electron chi connectivity index (χ2n) is 1.26. The third kappa shape index (κ3) is 1.45. The van der Waals surface area contributed by atoms with E-state index in [4.69, 9.17) is 5.11 Å². The number of nitrogens with zero attached hydrogens (tertiary/aromatic N) is 1. The number of hydrogen-bond acceptors (Lipinski definition) is 3. The fourth-order valence-electron chi connectivity index (χ4n) is 0.389. The molecule has 0 aliphatic carbocycles. The van der Waals surface area contributed by atoms with Gasteiger partial charge in [0.25, 0.3) is 0 Å². The standard InChI is InChI=1S/C4H4N2O3/c7-4(8)9-3-5-1-2-6-3/h1-2H,(H,5,6)(H,7,8). The van der Waals surface area contributed by atoms with Crippen LogP contribution < -0.4 is 4.74 Å². The van der Waals surface area contributed by atoms with Gasteiger partial charge in [0.2, 0.25) is 0 Å². The summed E-state index contributed by atoms with van der Waals surface area (Å²) in [6, 6.07) is -0.0116. The summed E-state index contributed by atoms with van der Waals surface area (Å²) in [6.45, 7) is 0. The molecule has 1 aromatic rings.